The maximum atomic E-state index is 13.5. The van der Waals surface area contributed by atoms with Crippen LogP contribution in [-0.4, -0.2) is 28.9 Å². The van der Waals surface area contributed by atoms with E-state index < -0.39 is 29.3 Å². The Bertz CT molecular complexity index is 1480. The van der Waals surface area contributed by atoms with Crippen molar-refractivity contribution in [3.05, 3.63) is 94.8 Å². The lowest BCUT2D eigenvalue weighted by Gasteiger charge is -2.24. The molecule has 8 heteroatoms. The van der Waals surface area contributed by atoms with Gasteiger partial charge in [-0.25, -0.2) is 9.37 Å². The fourth-order valence-electron chi connectivity index (χ4n) is 4.10. The lowest BCUT2D eigenvalue weighted by Crippen LogP contribution is -2.29. The van der Waals surface area contributed by atoms with Crippen LogP contribution in [0.1, 0.15) is 22.7 Å². The monoisotopic (exact) mass is 474 g/mol. The van der Waals surface area contributed by atoms with Crippen LogP contribution in [0.2, 0.25) is 0 Å². The second kappa shape index (κ2) is 8.39. The lowest BCUT2D eigenvalue weighted by molar-refractivity contribution is -0.132. The van der Waals surface area contributed by atoms with Gasteiger partial charge in [-0.3, -0.25) is 14.5 Å². The maximum Gasteiger partial charge on any atom is 0.301 e. The summed E-state index contributed by atoms with van der Waals surface area (Å²) in [6, 6.07) is 16.8. The molecule has 1 atom stereocenters. The van der Waals surface area contributed by atoms with Crippen LogP contribution in [0.25, 0.3) is 16.0 Å². The van der Waals surface area contributed by atoms with Gasteiger partial charge in [-0.1, -0.05) is 35.6 Å². The second-order valence-electron chi connectivity index (χ2n) is 7.89. The number of fused-ring (bicyclic) bond motifs is 1. The molecule has 1 aromatic heterocycles. The van der Waals surface area contributed by atoms with E-state index in [0.29, 0.717) is 22.0 Å². The maximum absolute atomic E-state index is 13.5. The average molecular weight is 475 g/mol. The number of aromatic nitrogens is 1. The van der Waals surface area contributed by atoms with E-state index in [9.17, 15) is 19.1 Å². The number of rotatable bonds is 4. The van der Waals surface area contributed by atoms with Crippen LogP contribution in [0.15, 0.2) is 72.3 Å². The van der Waals surface area contributed by atoms with Crippen molar-refractivity contribution in [3.8, 4) is 5.75 Å². The number of methoxy groups -OCH3 is 1. The predicted molar refractivity (Wildman–Crippen MR) is 129 cm³/mol. The zero-order valence-corrected chi connectivity index (χ0v) is 19.1. The van der Waals surface area contributed by atoms with Gasteiger partial charge in [0.1, 0.15) is 23.4 Å². The number of thiazole rings is 1. The number of carbonyl (C=O) groups excluding carboxylic acids is 2. The Kier molecular flexibility index (Phi) is 5.37. The molecule has 6 nitrogen and oxygen atoms in total. The SMILES string of the molecule is COc1ccccc1C1C(=C(O)c2ccc(F)cc2)C(=O)C(=O)N1c1nc2ccc(C)cc2s1. The molecule has 0 bridgehead atoms. The minimum Gasteiger partial charge on any atom is -0.507 e. The fraction of sp³-hybridized carbons (Fsp3) is 0.115. The molecule has 0 radical (unpaired) electrons. The van der Waals surface area contributed by atoms with Crippen LogP contribution in [0.4, 0.5) is 9.52 Å². The normalized spacial score (nSPS) is 17.5. The Morgan fingerprint density at radius 3 is 2.56 bits per heavy atom. The highest BCUT2D eigenvalue weighted by Gasteiger charge is 2.49. The number of aryl methyl sites for hydroxylation is 1. The van der Waals surface area contributed by atoms with Crippen molar-refractivity contribution in [3.63, 3.8) is 0 Å². The van der Waals surface area contributed by atoms with E-state index in [4.69, 9.17) is 4.74 Å². The molecule has 34 heavy (non-hydrogen) atoms. The molecule has 4 aromatic rings. The Morgan fingerprint density at radius 2 is 1.82 bits per heavy atom. The van der Waals surface area contributed by atoms with E-state index in [2.05, 4.69) is 4.98 Å². The zero-order chi connectivity index (χ0) is 24.0. The Hall–Kier alpha value is -4.04. The Balaban J connectivity index is 1.76. The number of ether oxygens (including phenoxy) is 1. The first kappa shape index (κ1) is 21.8. The van der Waals surface area contributed by atoms with Crippen LogP contribution in [0.3, 0.4) is 0 Å². The number of amides is 1. The van der Waals surface area contributed by atoms with Crippen molar-refractivity contribution in [2.45, 2.75) is 13.0 Å². The Morgan fingerprint density at radius 1 is 1.09 bits per heavy atom. The van der Waals surface area contributed by atoms with Gasteiger partial charge in [0, 0.05) is 11.1 Å². The minimum atomic E-state index is -0.983. The molecule has 5 rings (SSSR count). The van der Waals surface area contributed by atoms with Crippen LogP contribution in [0, 0.1) is 12.7 Å². The summed E-state index contributed by atoms with van der Waals surface area (Å²) in [6.07, 6.45) is 0. The van der Waals surface area contributed by atoms with Crippen molar-refractivity contribution in [2.24, 2.45) is 0 Å². The molecule has 3 aromatic carbocycles. The number of hydrogen-bond donors (Lipinski definition) is 1. The van der Waals surface area contributed by atoms with Crippen molar-refractivity contribution >= 4 is 44.1 Å². The van der Waals surface area contributed by atoms with Crippen LogP contribution >= 0.6 is 11.3 Å². The minimum absolute atomic E-state index is 0.114. The van der Waals surface area contributed by atoms with Gasteiger partial charge in [0.05, 0.1) is 22.9 Å². The van der Waals surface area contributed by atoms with E-state index in [1.165, 1.54) is 47.6 Å². The van der Waals surface area contributed by atoms with Gasteiger partial charge in [-0.2, -0.15) is 0 Å². The molecule has 1 fully saturated rings. The smallest absolute Gasteiger partial charge is 0.301 e. The lowest BCUT2D eigenvalue weighted by atomic mass is 9.94. The molecule has 1 aliphatic rings. The van der Waals surface area contributed by atoms with Gasteiger partial charge in [-0.05, 0) is 55.0 Å². The third-order valence-electron chi connectivity index (χ3n) is 5.73. The van der Waals surface area contributed by atoms with Gasteiger partial charge in [0.15, 0.2) is 5.13 Å². The summed E-state index contributed by atoms with van der Waals surface area (Å²) in [5.41, 5.74) is 2.37. The van der Waals surface area contributed by atoms with Gasteiger partial charge in [-0.15, -0.1) is 0 Å². The second-order valence-corrected chi connectivity index (χ2v) is 8.89. The highest BCUT2D eigenvalue weighted by Crippen LogP contribution is 2.46. The van der Waals surface area contributed by atoms with Gasteiger partial charge in [0.2, 0.25) is 0 Å². The number of aliphatic hydroxyl groups excluding tert-OH is 1. The van der Waals surface area contributed by atoms with Crippen LogP contribution in [-0.2, 0) is 9.59 Å². The number of benzene rings is 3. The molecule has 1 aliphatic heterocycles. The van der Waals surface area contributed by atoms with E-state index in [0.717, 1.165) is 10.3 Å². The molecule has 0 aliphatic carbocycles. The summed E-state index contributed by atoms with van der Waals surface area (Å²) in [5.74, 6) is -2.10. The number of para-hydroxylation sites is 1. The molecule has 0 saturated carbocycles. The third-order valence-corrected chi connectivity index (χ3v) is 6.75. The van der Waals surface area contributed by atoms with E-state index in [1.807, 2.05) is 25.1 Å². The Labute approximate surface area is 198 Å². The number of halogens is 1. The average Bonchev–Trinajstić information content (AvgIpc) is 3.36. The number of ketones is 1. The van der Waals surface area contributed by atoms with Crippen LogP contribution < -0.4 is 9.64 Å². The molecule has 1 unspecified atom stereocenters. The summed E-state index contributed by atoms with van der Waals surface area (Å²) in [5, 5.41) is 11.5. The number of nitrogens with zero attached hydrogens (tertiary/aromatic N) is 2. The molecule has 1 saturated heterocycles. The van der Waals surface area contributed by atoms with Crippen molar-refractivity contribution < 1.29 is 23.8 Å². The molecule has 0 spiro atoms. The van der Waals surface area contributed by atoms with Crippen molar-refractivity contribution in [2.75, 3.05) is 12.0 Å². The zero-order valence-electron chi connectivity index (χ0n) is 18.3. The number of Topliss-reactive ketones (excluding diaryl/α,β-unsaturated/α-hetero) is 1. The van der Waals surface area contributed by atoms with Gasteiger partial charge < -0.3 is 9.84 Å². The number of carbonyl (C=O) groups is 2. The highest BCUT2D eigenvalue weighted by molar-refractivity contribution is 7.22. The summed E-state index contributed by atoms with van der Waals surface area (Å²) >= 11 is 1.29. The van der Waals surface area contributed by atoms with Gasteiger partial charge in [0.25, 0.3) is 5.78 Å². The molecule has 170 valence electrons. The van der Waals surface area contributed by atoms with E-state index >= 15 is 0 Å². The quantitative estimate of drug-likeness (QED) is 0.244. The standard InChI is InChI=1S/C26H19FN2O4S/c1-14-7-12-18-20(13-14)34-26(28-18)29-22(17-5-3-4-6-19(17)33-2)21(24(31)25(29)32)23(30)15-8-10-16(27)11-9-15/h3-13,22,30H,1-2H3. The van der Waals surface area contributed by atoms with Crippen molar-refractivity contribution in [1.29, 1.82) is 0 Å². The summed E-state index contributed by atoms with van der Waals surface area (Å²) in [6.45, 7) is 1.96. The molecule has 1 N–H and O–H groups in total. The molecular formula is C26H19FN2O4S. The summed E-state index contributed by atoms with van der Waals surface area (Å²) < 4.78 is 19.9. The van der Waals surface area contributed by atoms with Gasteiger partial charge >= 0.3 is 5.91 Å². The largest absolute Gasteiger partial charge is 0.507 e. The molecule has 2 heterocycles. The summed E-state index contributed by atoms with van der Waals surface area (Å²) in [4.78, 5) is 32.5. The van der Waals surface area contributed by atoms with Crippen LogP contribution in [0.5, 0.6) is 5.75 Å². The number of hydrogen-bond acceptors (Lipinski definition) is 6. The topological polar surface area (TPSA) is 79.7 Å². The number of anilines is 1. The van der Waals surface area contributed by atoms with Crippen molar-refractivity contribution in [1.82, 2.24) is 4.98 Å². The first-order valence-electron chi connectivity index (χ1n) is 10.5. The first-order valence-corrected chi connectivity index (χ1v) is 11.3. The van der Waals surface area contributed by atoms with E-state index in [-0.39, 0.29) is 11.1 Å². The predicted octanol–water partition coefficient (Wildman–Crippen LogP) is 5.38. The molecular weight excluding hydrogens is 455 g/mol. The fourth-order valence-corrected chi connectivity index (χ4v) is 5.19. The van der Waals surface area contributed by atoms with E-state index in [1.54, 1.807) is 24.3 Å². The summed E-state index contributed by atoms with van der Waals surface area (Å²) in [7, 11) is 1.49. The highest BCUT2D eigenvalue weighted by atomic mass is 32.1. The first-order chi connectivity index (χ1) is 16.4. The number of aliphatic hydroxyl groups is 1. The third kappa shape index (κ3) is 3.52. The molecule has 1 amide bonds.